The van der Waals surface area contributed by atoms with Gasteiger partial charge in [0.25, 0.3) is 0 Å². The molecule has 12 heteroatoms. The number of hydrogen-bond donors (Lipinski definition) is 3. The summed E-state index contributed by atoms with van der Waals surface area (Å²) in [5.74, 6) is -0.0379. The molecule has 1 aromatic heterocycles. The highest BCUT2D eigenvalue weighted by molar-refractivity contribution is 5.86. The Morgan fingerprint density at radius 1 is 0.850 bits per heavy atom. The fourth-order valence-electron chi connectivity index (χ4n) is 0.997. The van der Waals surface area contributed by atoms with Crippen molar-refractivity contribution in [3.8, 4) is 5.75 Å². The number of aromatic nitrogens is 1. The van der Waals surface area contributed by atoms with E-state index in [4.69, 9.17) is 10.2 Å². The molecule has 0 bridgehead atoms. The van der Waals surface area contributed by atoms with Crippen molar-refractivity contribution in [2.45, 2.75) is 20.1 Å². The van der Waals surface area contributed by atoms with Crippen LogP contribution in [-0.4, -0.2) is 20.3 Å². The van der Waals surface area contributed by atoms with Crippen LogP contribution < -0.4 is 0 Å². The van der Waals surface area contributed by atoms with Crippen LogP contribution in [0, 0.1) is 6.92 Å². The number of aromatic hydroxyl groups is 1. The third kappa shape index (κ3) is 12.9. The molecule has 0 aliphatic rings. The van der Waals surface area contributed by atoms with E-state index < -0.39 is 0 Å². The quantitative estimate of drug-likeness (QED) is 0.632. The maximum Gasteiger partial charge on any atom is 0.142 e. The van der Waals surface area contributed by atoms with E-state index in [2.05, 4.69) is 4.98 Å². The van der Waals surface area contributed by atoms with Gasteiger partial charge in [0, 0.05) is 17.3 Å². The van der Waals surface area contributed by atoms with Gasteiger partial charge in [0.1, 0.15) is 5.75 Å². The first-order chi connectivity index (χ1) is 5.70. The standard InChI is InChI=1S/C8H11NO3.8ClH/c1-5-8(12)7(4-11)6(3-10)2-9-5;;;;;;;;/h2,10-12H,3-4H2,1H3;8*1H. The lowest BCUT2D eigenvalue weighted by molar-refractivity contribution is 0.254. The summed E-state index contributed by atoms with van der Waals surface area (Å²) in [5.41, 5.74) is 1.27. The predicted octanol–water partition coefficient (Wildman–Crippen LogP) is 3.45. The molecule has 0 atom stereocenters. The summed E-state index contributed by atoms with van der Waals surface area (Å²) in [7, 11) is 0. The van der Waals surface area contributed by atoms with Crippen molar-refractivity contribution in [1.82, 2.24) is 4.98 Å². The maximum atomic E-state index is 9.38. The number of pyridine rings is 1. The Morgan fingerprint density at radius 2 is 1.25 bits per heavy atom. The third-order valence-corrected chi connectivity index (χ3v) is 1.76. The van der Waals surface area contributed by atoms with Crippen molar-refractivity contribution >= 4 is 99.3 Å². The second-order valence-corrected chi connectivity index (χ2v) is 2.51. The molecule has 0 amide bonds. The van der Waals surface area contributed by atoms with Gasteiger partial charge in [0.2, 0.25) is 0 Å². The Labute approximate surface area is 167 Å². The van der Waals surface area contributed by atoms with Crippen LogP contribution in [0.5, 0.6) is 5.75 Å². The van der Waals surface area contributed by atoms with Crippen LogP contribution in [0.15, 0.2) is 6.20 Å². The minimum atomic E-state index is -0.287. The van der Waals surface area contributed by atoms with Gasteiger partial charge < -0.3 is 15.3 Å². The fraction of sp³-hybridized carbons (Fsp3) is 0.375. The van der Waals surface area contributed by atoms with Crippen LogP contribution >= 0.6 is 99.3 Å². The molecule has 0 radical (unpaired) electrons. The fourth-order valence-corrected chi connectivity index (χ4v) is 0.997. The summed E-state index contributed by atoms with van der Waals surface area (Å²) in [4.78, 5) is 3.84. The average molecular weight is 461 g/mol. The molecule has 1 aromatic rings. The normalized spacial score (nSPS) is 6.15. The lowest BCUT2D eigenvalue weighted by Crippen LogP contribution is -1.98. The molecule has 130 valence electrons. The van der Waals surface area contributed by atoms with Gasteiger partial charge in [-0.3, -0.25) is 4.98 Å². The van der Waals surface area contributed by atoms with Crippen LogP contribution in [-0.2, 0) is 13.2 Å². The second-order valence-electron chi connectivity index (χ2n) is 2.51. The Kier molecular flexibility index (Phi) is 62.5. The van der Waals surface area contributed by atoms with Crippen molar-refractivity contribution in [2.24, 2.45) is 0 Å². The van der Waals surface area contributed by atoms with Crippen molar-refractivity contribution in [3.05, 3.63) is 23.0 Å². The molecule has 1 heterocycles. The monoisotopic (exact) mass is 457 g/mol. The molecular formula is C8H19Cl8NO3. The molecule has 0 saturated carbocycles. The molecule has 0 fully saturated rings. The van der Waals surface area contributed by atoms with Crippen LogP contribution in [0.2, 0.25) is 0 Å². The predicted molar refractivity (Wildman–Crippen MR) is 100 cm³/mol. The van der Waals surface area contributed by atoms with Gasteiger partial charge in [-0.25, -0.2) is 0 Å². The zero-order valence-corrected chi connectivity index (χ0v) is 16.6. The Hall–Kier alpha value is 1.19. The zero-order chi connectivity index (χ0) is 9.14. The van der Waals surface area contributed by atoms with Crippen LogP contribution in [0.4, 0.5) is 0 Å². The molecular weight excluding hydrogens is 442 g/mol. The summed E-state index contributed by atoms with van der Waals surface area (Å²) in [5, 5.41) is 27.0. The van der Waals surface area contributed by atoms with Crippen LogP contribution in [0.25, 0.3) is 0 Å². The summed E-state index contributed by atoms with van der Waals surface area (Å²) in [6.07, 6.45) is 1.45. The van der Waals surface area contributed by atoms with Gasteiger partial charge >= 0.3 is 0 Å². The number of aliphatic hydroxyl groups is 2. The highest BCUT2D eigenvalue weighted by Crippen LogP contribution is 2.23. The smallest absolute Gasteiger partial charge is 0.142 e. The first-order valence-corrected chi connectivity index (χ1v) is 3.58. The van der Waals surface area contributed by atoms with Gasteiger partial charge in [-0.2, -0.15) is 0 Å². The molecule has 0 saturated heterocycles. The largest absolute Gasteiger partial charge is 0.506 e. The van der Waals surface area contributed by atoms with E-state index in [0.29, 0.717) is 16.8 Å². The molecule has 3 N–H and O–H groups in total. The van der Waals surface area contributed by atoms with Crippen molar-refractivity contribution in [1.29, 1.82) is 0 Å². The second kappa shape index (κ2) is 25.2. The van der Waals surface area contributed by atoms with Gasteiger partial charge in [-0.05, 0) is 6.92 Å². The molecule has 4 nitrogen and oxygen atoms in total. The van der Waals surface area contributed by atoms with E-state index in [1.54, 1.807) is 6.92 Å². The zero-order valence-electron chi connectivity index (χ0n) is 10.0. The first-order valence-electron chi connectivity index (χ1n) is 3.58. The summed E-state index contributed by atoms with van der Waals surface area (Å²) >= 11 is 0. The highest BCUT2D eigenvalue weighted by Gasteiger charge is 2.09. The van der Waals surface area contributed by atoms with E-state index in [0.717, 1.165) is 0 Å². The van der Waals surface area contributed by atoms with E-state index in [1.807, 2.05) is 0 Å². The SMILES string of the molecule is Cc1ncc(CO)c(CO)c1O.Cl.Cl.Cl.Cl.Cl.Cl.Cl.Cl. The lowest BCUT2D eigenvalue weighted by atomic mass is 10.1. The summed E-state index contributed by atoms with van der Waals surface area (Å²) in [6, 6.07) is 0. The number of rotatable bonds is 2. The number of hydrogen-bond acceptors (Lipinski definition) is 4. The van der Waals surface area contributed by atoms with Crippen molar-refractivity contribution < 1.29 is 15.3 Å². The topological polar surface area (TPSA) is 73.6 Å². The van der Waals surface area contributed by atoms with Gasteiger partial charge in [-0.15, -0.1) is 99.3 Å². The Balaban J connectivity index is -0.0000000300. The van der Waals surface area contributed by atoms with Crippen LogP contribution in [0.3, 0.4) is 0 Å². The van der Waals surface area contributed by atoms with Gasteiger partial charge in [0.05, 0.1) is 18.9 Å². The first kappa shape index (κ1) is 49.6. The number of aryl methyl sites for hydroxylation is 1. The minimum Gasteiger partial charge on any atom is -0.506 e. The van der Waals surface area contributed by atoms with Crippen LogP contribution in [0.1, 0.15) is 16.8 Å². The number of aliphatic hydroxyl groups excluding tert-OH is 2. The van der Waals surface area contributed by atoms with Crippen molar-refractivity contribution in [3.63, 3.8) is 0 Å². The average Bonchev–Trinajstić information content (AvgIpc) is 2.09. The third-order valence-electron chi connectivity index (χ3n) is 1.76. The summed E-state index contributed by atoms with van der Waals surface area (Å²) < 4.78 is 0. The molecule has 0 spiro atoms. The number of halogens is 8. The van der Waals surface area contributed by atoms with E-state index in [1.165, 1.54) is 6.20 Å². The molecule has 0 unspecified atom stereocenters. The van der Waals surface area contributed by atoms with Gasteiger partial charge in [0.15, 0.2) is 0 Å². The Morgan fingerprint density at radius 3 is 1.55 bits per heavy atom. The van der Waals surface area contributed by atoms with E-state index in [9.17, 15) is 5.11 Å². The summed E-state index contributed by atoms with van der Waals surface area (Å²) in [6.45, 7) is 1.12. The number of nitrogens with zero attached hydrogens (tertiary/aromatic N) is 1. The van der Waals surface area contributed by atoms with E-state index >= 15 is 0 Å². The minimum absolute atomic E-state index is 0. The van der Waals surface area contributed by atoms with Crippen molar-refractivity contribution in [2.75, 3.05) is 0 Å². The molecule has 0 aliphatic heterocycles. The molecule has 0 aliphatic carbocycles. The maximum absolute atomic E-state index is 9.38. The lowest BCUT2D eigenvalue weighted by Gasteiger charge is -2.07. The molecule has 1 rings (SSSR count). The highest BCUT2D eigenvalue weighted by atomic mass is 35.5. The van der Waals surface area contributed by atoms with Gasteiger partial charge in [-0.1, -0.05) is 0 Å². The van der Waals surface area contributed by atoms with E-state index in [-0.39, 0.29) is 118 Å². The Bertz CT molecular complexity index is 305. The molecule has 20 heavy (non-hydrogen) atoms. The molecule has 0 aromatic carbocycles.